The van der Waals surface area contributed by atoms with E-state index in [2.05, 4.69) is 5.32 Å². The lowest BCUT2D eigenvalue weighted by Gasteiger charge is -2.50. The lowest BCUT2D eigenvalue weighted by Crippen LogP contribution is -2.62. The SMILES string of the molecule is B1CC2(C1)CCN2. The zero-order valence-corrected chi connectivity index (χ0v) is 4.54. The fourth-order valence-corrected chi connectivity index (χ4v) is 1.51. The molecule has 2 aliphatic heterocycles. The van der Waals surface area contributed by atoms with Gasteiger partial charge in [-0.3, -0.25) is 0 Å². The van der Waals surface area contributed by atoms with E-state index in [4.69, 9.17) is 0 Å². The summed E-state index contributed by atoms with van der Waals surface area (Å²) in [6.45, 7) is 1.28. The second-order valence-electron chi connectivity index (χ2n) is 2.81. The van der Waals surface area contributed by atoms with Gasteiger partial charge in [0.1, 0.15) is 7.28 Å². The molecule has 2 heteroatoms. The minimum absolute atomic E-state index is 0.694. The Kier molecular flexibility index (Phi) is 0.595. The van der Waals surface area contributed by atoms with Crippen molar-refractivity contribution >= 4 is 7.28 Å². The highest BCUT2D eigenvalue weighted by Gasteiger charge is 2.41. The van der Waals surface area contributed by atoms with E-state index in [1.165, 1.54) is 32.9 Å². The maximum absolute atomic E-state index is 3.46. The average molecular weight is 95.0 g/mol. The molecule has 1 nitrogen and oxygen atoms in total. The molecular formula is C5H10BN. The van der Waals surface area contributed by atoms with Crippen LogP contribution in [-0.2, 0) is 0 Å². The minimum Gasteiger partial charge on any atom is -0.313 e. The van der Waals surface area contributed by atoms with E-state index in [0.29, 0.717) is 5.54 Å². The second-order valence-corrected chi connectivity index (χ2v) is 2.81. The zero-order valence-electron chi connectivity index (χ0n) is 4.54. The van der Waals surface area contributed by atoms with Gasteiger partial charge in [-0.25, -0.2) is 0 Å². The third kappa shape index (κ3) is 0.380. The van der Waals surface area contributed by atoms with Crippen molar-refractivity contribution in [1.82, 2.24) is 5.32 Å². The van der Waals surface area contributed by atoms with Crippen LogP contribution in [0.3, 0.4) is 0 Å². The minimum atomic E-state index is 0.694. The van der Waals surface area contributed by atoms with Gasteiger partial charge < -0.3 is 5.32 Å². The fraction of sp³-hybridized carbons (Fsp3) is 1.00. The van der Waals surface area contributed by atoms with E-state index in [1.807, 2.05) is 0 Å². The van der Waals surface area contributed by atoms with Crippen LogP contribution in [0.15, 0.2) is 0 Å². The van der Waals surface area contributed by atoms with Crippen molar-refractivity contribution in [2.24, 2.45) is 0 Å². The Labute approximate surface area is 44.7 Å². The van der Waals surface area contributed by atoms with Crippen LogP contribution in [0.1, 0.15) is 6.42 Å². The zero-order chi connectivity index (χ0) is 4.74. The monoisotopic (exact) mass is 95.1 g/mol. The van der Waals surface area contributed by atoms with Crippen LogP contribution in [0.4, 0.5) is 0 Å². The summed E-state index contributed by atoms with van der Waals surface area (Å²) in [5.41, 5.74) is 0.694. The smallest absolute Gasteiger partial charge is 0.125 e. The normalized spacial score (nSPS) is 33.1. The first kappa shape index (κ1) is 3.96. The van der Waals surface area contributed by atoms with Gasteiger partial charge in [0.05, 0.1) is 0 Å². The number of rotatable bonds is 0. The van der Waals surface area contributed by atoms with Gasteiger partial charge in [-0.1, -0.05) is 12.6 Å². The number of hydrogen-bond donors (Lipinski definition) is 1. The first-order valence-corrected chi connectivity index (χ1v) is 3.16. The van der Waals surface area contributed by atoms with Gasteiger partial charge in [0.2, 0.25) is 0 Å². The predicted molar refractivity (Wildman–Crippen MR) is 32.1 cm³/mol. The molecule has 2 fully saturated rings. The summed E-state index contributed by atoms with van der Waals surface area (Å²) < 4.78 is 0. The van der Waals surface area contributed by atoms with Gasteiger partial charge in [0, 0.05) is 5.54 Å². The molecule has 2 saturated heterocycles. The Morgan fingerprint density at radius 1 is 1.43 bits per heavy atom. The van der Waals surface area contributed by atoms with Crippen molar-refractivity contribution in [3.8, 4) is 0 Å². The van der Waals surface area contributed by atoms with Gasteiger partial charge >= 0.3 is 0 Å². The van der Waals surface area contributed by atoms with Gasteiger partial charge in [-0.2, -0.15) is 0 Å². The third-order valence-electron chi connectivity index (χ3n) is 2.41. The van der Waals surface area contributed by atoms with Gasteiger partial charge in [0.15, 0.2) is 0 Å². The molecule has 2 heterocycles. The molecule has 0 amide bonds. The van der Waals surface area contributed by atoms with Crippen LogP contribution >= 0.6 is 0 Å². The maximum Gasteiger partial charge on any atom is 0.125 e. The van der Waals surface area contributed by atoms with Crippen LogP contribution in [0, 0.1) is 0 Å². The van der Waals surface area contributed by atoms with Crippen molar-refractivity contribution < 1.29 is 0 Å². The maximum atomic E-state index is 3.46. The quantitative estimate of drug-likeness (QED) is 0.417. The van der Waals surface area contributed by atoms with Crippen LogP contribution < -0.4 is 5.32 Å². The second kappa shape index (κ2) is 1.05. The molecule has 0 aromatic rings. The van der Waals surface area contributed by atoms with Gasteiger partial charge in [-0.15, -0.1) is 0 Å². The van der Waals surface area contributed by atoms with Crippen molar-refractivity contribution in [2.75, 3.05) is 6.54 Å². The Morgan fingerprint density at radius 2 is 2.14 bits per heavy atom. The lowest BCUT2D eigenvalue weighted by molar-refractivity contribution is 0.236. The predicted octanol–water partition coefficient (Wildman–Crippen LogP) is 0.00520. The van der Waals surface area contributed by atoms with Crippen molar-refractivity contribution in [3.05, 3.63) is 0 Å². The molecule has 0 unspecified atom stereocenters. The Bertz CT molecular complexity index is 68.6. The highest BCUT2D eigenvalue weighted by Crippen LogP contribution is 2.35. The fourth-order valence-electron chi connectivity index (χ4n) is 1.51. The van der Waals surface area contributed by atoms with Crippen molar-refractivity contribution in [3.63, 3.8) is 0 Å². The Balaban J connectivity index is 2.00. The number of nitrogens with one attached hydrogen (secondary N) is 1. The van der Waals surface area contributed by atoms with Crippen LogP contribution in [0.2, 0.25) is 12.6 Å². The van der Waals surface area contributed by atoms with Crippen LogP contribution in [-0.4, -0.2) is 19.4 Å². The molecule has 7 heavy (non-hydrogen) atoms. The van der Waals surface area contributed by atoms with E-state index >= 15 is 0 Å². The molecule has 2 rings (SSSR count). The summed E-state index contributed by atoms with van der Waals surface area (Å²) in [7, 11) is 1.47. The van der Waals surface area contributed by atoms with E-state index in [9.17, 15) is 0 Å². The lowest BCUT2D eigenvalue weighted by atomic mass is 9.44. The van der Waals surface area contributed by atoms with E-state index in [0.717, 1.165) is 0 Å². The highest BCUT2D eigenvalue weighted by molar-refractivity contribution is 6.41. The average Bonchev–Trinajstić information content (AvgIpc) is 1.20. The summed E-state index contributed by atoms with van der Waals surface area (Å²) in [5, 5.41) is 3.46. The third-order valence-corrected chi connectivity index (χ3v) is 2.41. The molecule has 0 bridgehead atoms. The van der Waals surface area contributed by atoms with Crippen molar-refractivity contribution in [1.29, 1.82) is 0 Å². The Hall–Kier alpha value is 0.0249. The summed E-state index contributed by atoms with van der Waals surface area (Å²) in [6.07, 6.45) is 4.35. The van der Waals surface area contributed by atoms with E-state index in [1.54, 1.807) is 0 Å². The molecule has 38 valence electrons. The standard InChI is InChI=1S/C5H10BN/c1-2-7-5(1)3-6-4-5/h6-7H,1-4H2. The summed E-state index contributed by atoms with van der Waals surface area (Å²) in [4.78, 5) is 0. The summed E-state index contributed by atoms with van der Waals surface area (Å²) >= 11 is 0. The van der Waals surface area contributed by atoms with Crippen LogP contribution in [0.5, 0.6) is 0 Å². The highest BCUT2D eigenvalue weighted by atomic mass is 15.0. The molecule has 1 N–H and O–H groups in total. The molecular weight excluding hydrogens is 84.9 g/mol. The summed E-state index contributed by atoms with van der Waals surface area (Å²) in [6, 6.07) is 0. The van der Waals surface area contributed by atoms with E-state index < -0.39 is 0 Å². The first-order chi connectivity index (χ1) is 3.41. The molecule has 0 saturated carbocycles. The topological polar surface area (TPSA) is 12.0 Å². The Morgan fingerprint density at radius 3 is 2.14 bits per heavy atom. The van der Waals surface area contributed by atoms with Crippen molar-refractivity contribution in [2.45, 2.75) is 24.6 Å². The molecule has 2 aliphatic rings. The summed E-state index contributed by atoms with van der Waals surface area (Å²) in [5.74, 6) is 0. The van der Waals surface area contributed by atoms with Gasteiger partial charge in [0.25, 0.3) is 0 Å². The molecule has 0 aromatic carbocycles. The van der Waals surface area contributed by atoms with E-state index in [-0.39, 0.29) is 0 Å². The molecule has 1 spiro atoms. The molecule has 0 aromatic heterocycles. The molecule has 0 radical (unpaired) electrons. The molecule has 0 atom stereocenters. The molecule has 0 aliphatic carbocycles. The number of hydrogen-bond acceptors (Lipinski definition) is 1. The largest absolute Gasteiger partial charge is 0.313 e. The first-order valence-electron chi connectivity index (χ1n) is 3.16. The van der Waals surface area contributed by atoms with Gasteiger partial charge in [-0.05, 0) is 13.0 Å². The van der Waals surface area contributed by atoms with Crippen LogP contribution in [0.25, 0.3) is 0 Å².